The van der Waals surface area contributed by atoms with Crippen molar-refractivity contribution in [3.8, 4) is 17.2 Å². The van der Waals surface area contributed by atoms with Crippen LogP contribution in [0.1, 0.15) is 18.5 Å². The lowest BCUT2D eigenvalue weighted by Crippen LogP contribution is -2.27. The molecule has 9 nitrogen and oxygen atoms in total. The second-order valence-electron chi connectivity index (χ2n) is 7.96. The lowest BCUT2D eigenvalue weighted by molar-refractivity contribution is -0.117. The second kappa shape index (κ2) is 11.1. The summed E-state index contributed by atoms with van der Waals surface area (Å²) in [6.07, 6.45) is 0. The maximum atomic E-state index is 13.5. The topological polar surface area (TPSA) is 116 Å². The highest BCUT2D eigenvalue weighted by molar-refractivity contribution is 7.91. The van der Waals surface area contributed by atoms with Crippen molar-refractivity contribution in [2.75, 3.05) is 37.7 Å². The third-order valence-electron chi connectivity index (χ3n) is 5.72. The number of benzene rings is 3. The maximum Gasteiger partial charge on any atom is 0.253 e. The molecular formula is C26H27N3O6S2. The number of rotatable bonds is 10. The number of thiazole rings is 1. The quantitative estimate of drug-likeness (QED) is 0.291. The molecule has 0 aliphatic rings. The molecule has 0 bridgehead atoms. The van der Waals surface area contributed by atoms with Gasteiger partial charge >= 0.3 is 0 Å². The highest BCUT2D eigenvalue weighted by Gasteiger charge is 2.23. The Morgan fingerprint density at radius 2 is 1.68 bits per heavy atom. The summed E-state index contributed by atoms with van der Waals surface area (Å²) in [5.74, 6) is 1.36. The number of nitrogens with zero attached hydrogens (tertiary/aromatic N) is 1. The number of hydrogen-bond acceptors (Lipinski definition) is 9. The molecule has 1 amide bonds. The number of methoxy groups -OCH3 is 3. The molecular weight excluding hydrogens is 514 g/mol. The number of carbonyl (C=O) groups excluding carboxylic acids is 1. The van der Waals surface area contributed by atoms with Gasteiger partial charge in [-0.15, -0.1) is 0 Å². The van der Waals surface area contributed by atoms with Gasteiger partial charge in [-0.2, -0.15) is 0 Å². The summed E-state index contributed by atoms with van der Waals surface area (Å²) < 4.78 is 41.3. The van der Waals surface area contributed by atoms with Crippen molar-refractivity contribution in [2.45, 2.75) is 17.9 Å². The predicted octanol–water partition coefficient (Wildman–Crippen LogP) is 4.91. The Labute approximate surface area is 219 Å². The smallest absolute Gasteiger partial charge is 0.253 e. The zero-order chi connectivity index (χ0) is 26.6. The monoisotopic (exact) mass is 541 g/mol. The summed E-state index contributed by atoms with van der Waals surface area (Å²) >= 11 is 1.30. The fraction of sp³-hybridized carbons (Fsp3) is 0.231. The van der Waals surface area contributed by atoms with Crippen molar-refractivity contribution in [1.29, 1.82) is 0 Å². The van der Waals surface area contributed by atoms with E-state index in [2.05, 4.69) is 15.6 Å². The minimum Gasteiger partial charge on any atom is -0.497 e. The molecule has 0 spiro atoms. The number of ether oxygens (including phenoxy) is 3. The molecule has 0 aliphatic carbocycles. The van der Waals surface area contributed by atoms with Crippen LogP contribution in [0.2, 0.25) is 0 Å². The Balaban J connectivity index is 1.67. The van der Waals surface area contributed by atoms with E-state index >= 15 is 0 Å². The van der Waals surface area contributed by atoms with E-state index in [1.807, 2.05) is 6.07 Å². The number of sulfone groups is 1. The molecule has 3 aromatic carbocycles. The van der Waals surface area contributed by atoms with Crippen molar-refractivity contribution in [1.82, 2.24) is 4.98 Å². The molecule has 0 aliphatic heterocycles. The minimum atomic E-state index is -3.37. The van der Waals surface area contributed by atoms with Crippen molar-refractivity contribution in [2.24, 2.45) is 0 Å². The van der Waals surface area contributed by atoms with E-state index in [0.717, 1.165) is 4.70 Å². The van der Waals surface area contributed by atoms with Gasteiger partial charge in [0.05, 0.1) is 42.2 Å². The van der Waals surface area contributed by atoms with Gasteiger partial charge < -0.3 is 19.5 Å². The van der Waals surface area contributed by atoms with Gasteiger partial charge in [-0.3, -0.25) is 10.1 Å². The fourth-order valence-electron chi connectivity index (χ4n) is 3.70. The van der Waals surface area contributed by atoms with E-state index in [9.17, 15) is 13.2 Å². The molecule has 11 heteroatoms. The lowest BCUT2D eigenvalue weighted by atomic mass is 10.1. The van der Waals surface area contributed by atoms with Crippen LogP contribution in [0.15, 0.2) is 65.6 Å². The number of nitrogens with one attached hydrogen (secondary N) is 2. The van der Waals surface area contributed by atoms with Crippen molar-refractivity contribution < 1.29 is 27.4 Å². The Morgan fingerprint density at radius 3 is 2.32 bits per heavy atom. The molecule has 1 unspecified atom stereocenters. The van der Waals surface area contributed by atoms with Gasteiger partial charge in [-0.1, -0.05) is 36.5 Å². The lowest BCUT2D eigenvalue weighted by Gasteiger charge is -2.20. The first-order valence-electron chi connectivity index (χ1n) is 11.3. The minimum absolute atomic E-state index is 0.00843. The van der Waals surface area contributed by atoms with Gasteiger partial charge in [0, 0.05) is 23.9 Å². The molecule has 0 saturated carbocycles. The maximum absolute atomic E-state index is 13.5. The van der Waals surface area contributed by atoms with Crippen molar-refractivity contribution in [3.63, 3.8) is 0 Å². The number of aromatic nitrogens is 1. The first kappa shape index (κ1) is 26.2. The Kier molecular flexibility index (Phi) is 7.84. The van der Waals surface area contributed by atoms with Gasteiger partial charge in [-0.25, -0.2) is 13.4 Å². The van der Waals surface area contributed by atoms with E-state index in [4.69, 9.17) is 14.2 Å². The van der Waals surface area contributed by atoms with Gasteiger partial charge in [0.15, 0.2) is 26.5 Å². The van der Waals surface area contributed by atoms with Gasteiger partial charge in [0.1, 0.15) is 11.8 Å². The molecule has 1 atom stereocenters. The highest BCUT2D eigenvalue weighted by Crippen LogP contribution is 2.36. The molecule has 37 heavy (non-hydrogen) atoms. The van der Waals surface area contributed by atoms with E-state index in [-0.39, 0.29) is 16.6 Å². The average Bonchev–Trinajstić information content (AvgIpc) is 3.31. The fourth-order valence-corrected chi connectivity index (χ4v) is 5.46. The predicted molar refractivity (Wildman–Crippen MR) is 145 cm³/mol. The summed E-state index contributed by atoms with van der Waals surface area (Å²) in [7, 11) is 1.29. The summed E-state index contributed by atoms with van der Waals surface area (Å²) in [4.78, 5) is 18.3. The Morgan fingerprint density at radius 1 is 0.973 bits per heavy atom. The number of fused-ring (bicyclic) bond motifs is 1. The van der Waals surface area contributed by atoms with Crippen LogP contribution in [0, 0.1) is 0 Å². The van der Waals surface area contributed by atoms with Crippen molar-refractivity contribution >= 4 is 48.1 Å². The van der Waals surface area contributed by atoms with Crippen molar-refractivity contribution in [3.05, 3.63) is 66.2 Å². The van der Waals surface area contributed by atoms with Crippen LogP contribution in [0.4, 0.5) is 10.8 Å². The standard InChI is InChI=1S/C26H27N3O6S2/c1-5-37(31,32)19-11-9-16(10-12-19)24(27-17-7-6-8-18(13-17)33-2)25(30)29-26-28-20-14-21(34-3)22(35-4)15-23(20)36-26/h6-15,24,27H,5H2,1-4H3,(H,28,29,30). The molecule has 1 aromatic heterocycles. The first-order valence-corrected chi connectivity index (χ1v) is 13.8. The Bertz CT molecular complexity index is 1480. The van der Waals surface area contributed by atoms with E-state index in [0.29, 0.717) is 39.1 Å². The largest absolute Gasteiger partial charge is 0.497 e. The van der Waals surface area contributed by atoms with Gasteiger partial charge in [-0.05, 0) is 29.8 Å². The van der Waals surface area contributed by atoms with E-state index in [1.54, 1.807) is 70.7 Å². The number of carbonyl (C=O) groups is 1. The van der Waals surface area contributed by atoms with Gasteiger partial charge in [0.25, 0.3) is 5.91 Å². The summed E-state index contributed by atoms with van der Waals surface area (Å²) in [6.45, 7) is 1.59. The highest BCUT2D eigenvalue weighted by atomic mass is 32.2. The molecule has 4 aromatic rings. The van der Waals surface area contributed by atoms with Crippen LogP contribution in [0.5, 0.6) is 17.2 Å². The summed E-state index contributed by atoms with van der Waals surface area (Å²) in [6, 6.07) is 16.2. The second-order valence-corrected chi connectivity index (χ2v) is 11.3. The van der Waals surface area contributed by atoms with Gasteiger partial charge in [0.2, 0.25) is 0 Å². The summed E-state index contributed by atoms with van der Waals surface area (Å²) in [5.41, 5.74) is 1.90. The zero-order valence-electron chi connectivity index (χ0n) is 20.8. The molecule has 4 rings (SSSR count). The molecule has 0 saturated heterocycles. The number of hydrogen-bond donors (Lipinski definition) is 2. The number of amides is 1. The van der Waals surface area contributed by atoms with Crippen LogP contribution in [-0.4, -0.2) is 46.4 Å². The normalized spacial score (nSPS) is 12.1. The van der Waals surface area contributed by atoms with Crippen LogP contribution in [0.3, 0.4) is 0 Å². The zero-order valence-corrected chi connectivity index (χ0v) is 22.4. The molecule has 1 heterocycles. The van der Waals surface area contributed by atoms with Crippen LogP contribution >= 0.6 is 11.3 Å². The van der Waals surface area contributed by atoms with Crippen LogP contribution in [0.25, 0.3) is 10.2 Å². The summed E-state index contributed by atoms with van der Waals surface area (Å²) in [5, 5.41) is 6.51. The van der Waals surface area contributed by atoms with Crippen LogP contribution in [-0.2, 0) is 14.6 Å². The average molecular weight is 542 g/mol. The molecule has 0 fully saturated rings. The molecule has 0 radical (unpaired) electrons. The van der Waals surface area contributed by atoms with Crippen LogP contribution < -0.4 is 24.8 Å². The SMILES string of the molecule is CCS(=O)(=O)c1ccc(C(Nc2cccc(OC)c2)C(=O)Nc2nc3cc(OC)c(OC)cc3s2)cc1. The van der Waals surface area contributed by atoms with E-state index in [1.165, 1.54) is 23.5 Å². The number of anilines is 2. The first-order chi connectivity index (χ1) is 17.8. The third-order valence-corrected chi connectivity index (χ3v) is 8.40. The Hall–Kier alpha value is -3.83. The van der Waals surface area contributed by atoms with E-state index < -0.39 is 15.9 Å². The molecule has 194 valence electrons. The third kappa shape index (κ3) is 5.78. The molecule has 2 N–H and O–H groups in total.